The Morgan fingerprint density at radius 2 is 0.882 bits per heavy atom. The third kappa shape index (κ3) is 4.96. The zero-order valence-corrected chi connectivity index (χ0v) is 27.6. The van der Waals surface area contributed by atoms with Crippen molar-refractivity contribution in [2.75, 3.05) is 0 Å². The van der Waals surface area contributed by atoms with E-state index in [1.165, 1.54) is 32.6 Å². The van der Waals surface area contributed by atoms with Crippen molar-refractivity contribution in [3.05, 3.63) is 182 Å². The lowest BCUT2D eigenvalue weighted by atomic mass is 9.96. The van der Waals surface area contributed by atoms with Gasteiger partial charge in [-0.3, -0.25) is 0 Å². The van der Waals surface area contributed by atoms with E-state index in [9.17, 15) is 0 Å². The summed E-state index contributed by atoms with van der Waals surface area (Å²) in [4.78, 5) is 15.4. The van der Waals surface area contributed by atoms with E-state index in [1.807, 2.05) is 18.2 Å². The van der Waals surface area contributed by atoms with Crippen LogP contribution in [0.3, 0.4) is 0 Å². The summed E-state index contributed by atoms with van der Waals surface area (Å²) in [7, 11) is 0. The third-order valence-corrected chi connectivity index (χ3v) is 9.82. The Morgan fingerprint density at radius 1 is 0.314 bits per heavy atom. The zero-order valence-electron chi connectivity index (χ0n) is 27.6. The second-order valence-corrected chi connectivity index (χ2v) is 12.9. The minimum absolute atomic E-state index is 0.639. The second kappa shape index (κ2) is 11.9. The SMILES string of the molecule is c1ccc(-c2nc(-c3cccc(-c4ccc5c(c4)c4ccccc4n5-c4ccccc4)c3)nc(-c3cc4ccccc4c4ccccc34)n2)cc1. The van der Waals surface area contributed by atoms with Gasteiger partial charge < -0.3 is 4.57 Å². The molecule has 0 atom stereocenters. The van der Waals surface area contributed by atoms with Crippen molar-refractivity contribution in [2.45, 2.75) is 0 Å². The molecule has 0 N–H and O–H groups in total. The molecule has 0 unspecified atom stereocenters. The van der Waals surface area contributed by atoms with Gasteiger partial charge in [0, 0.05) is 33.2 Å². The van der Waals surface area contributed by atoms with E-state index in [1.54, 1.807) is 0 Å². The van der Waals surface area contributed by atoms with Crippen molar-refractivity contribution in [1.29, 1.82) is 0 Å². The van der Waals surface area contributed by atoms with E-state index in [0.29, 0.717) is 17.5 Å². The maximum absolute atomic E-state index is 5.19. The van der Waals surface area contributed by atoms with E-state index < -0.39 is 0 Å². The highest BCUT2D eigenvalue weighted by Gasteiger charge is 2.17. The highest BCUT2D eigenvalue weighted by atomic mass is 15.0. The minimum atomic E-state index is 0.639. The van der Waals surface area contributed by atoms with Crippen LogP contribution >= 0.6 is 0 Å². The highest BCUT2D eigenvalue weighted by molar-refractivity contribution is 6.13. The third-order valence-electron chi connectivity index (χ3n) is 9.82. The van der Waals surface area contributed by atoms with E-state index in [2.05, 4.69) is 168 Å². The van der Waals surface area contributed by atoms with Crippen LogP contribution < -0.4 is 0 Å². The van der Waals surface area contributed by atoms with E-state index in [-0.39, 0.29) is 0 Å². The van der Waals surface area contributed by atoms with Gasteiger partial charge in [0.05, 0.1) is 11.0 Å². The maximum atomic E-state index is 5.19. The second-order valence-electron chi connectivity index (χ2n) is 12.9. The number of benzene rings is 8. The summed E-state index contributed by atoms with van der Waals surface area (Å²) in [6, 6.07) is 63.9. The fourth-order valence-corrected chi connectivity index (χ4v) is 7.43. The molecule has 0 saturated carbocycles. The Balaban J connectivity index is 1.15. The van der Waals surface area contributed by atoms with Crippen molar-refractivity contribution in [3.8, 4) is 51.0 Å². The summed E-state index contributed by atoms with van der Waals surface area (Å²) in [6.07, 6.45) is 0. The van der Waals surface area contributed by atoms with Crippen molar-refractivity contribution in [2.24, 2.45) is 0 Å². The Morgan fingerprint density at radius 3 is 1.71 bits per heavy atom. The number of para-hydroxylation sites is 2. The fraction of sp³-hybridized carbons (Fsp3) is 0. The predicted octanol–water partition coefficient (Wildman–Crippen LogP) is 11.9. The first-order valence-corrected chi connectivity index (χ1v) is 17.2. The lowest BCUT2D eigenvalue weighted by Gasteiger charge is -2.13. The van der Waals surface area contributed by atoms with Crippen LogP contribution in [0.25, 0.3) is 94.3 Å². The van der Waals surface area contributed by atoms with Crippen molar-refractivity contribution in [1.82, 2.24) is 19.5 Å². The number of hydrogen-bond donors (Lipinski definition) is 0. The van der Waals surface area contributed by atoms with Gasteiger partial charge in [0.1, 0.15) is 0 Å². The largest absolute Gasteiger partial charge is 0.309 e. The van der Waals surface area contributed by atoms with Gasteiger partial charge in [-0.15, -0.1) is 0 Å². The Labute approximate surface area is 295 Å². The summed E-state index contributed by atoms with van der Waals surface area (Å²) >= 11 is 0. The van der Waals surface area contributed by atoms with Gasteiger partial charge in [-0.1, -0.05) is 140 Å². The average molecular weight is 651 g/mol. The quantitative estimate of drug-likeness (QED) is 0.174. The molecule has 8 aromatic carbocycles. The molecule has 0 aliphatic heterocycles. The maximum Gasteiger partial charge on any atom is 0.164 e. The van der Waals surface area contributed by atoms with Gasteiger partial charge in [0.2, 0.25) is 0 Å². The molecule has 0 amide bonds. The number of hydrogen-bond acceptors (Lipinski definition) is 3. The summed E-state index contributed by atoms with van der Waals surface area (Å²) in [6.45, 7) is 0. The molecule has 10 aromatic rings. The molecule has 4 heteroatoms. The van der Waals surface area contributed by atoms with Crippen molar-refractivity contribution < 1.29 is 0 Å². The van der Waals surface area contributed by atoms with Crippen LogP contribution in [0.5, 0.6) is 0 Å². The van der Waals surface area contributed by atoms with Crippen LogP contribution in [0.4, 0.5) is 0 Å². The fourth-order valence-electron chi connectivity index (χ4n) is 7.43. The van der Waals surface area contributed by atoms with Crippen molar-refractivity contribution >= 4 is 43.4 Å². The zero-order chi connectivity index (χ0) is 33.7. The molecule has 2 aromatic heterocycles. The lowest BCUT2D eigenvalue weighted by Crippen LogP contribution is -2.01. The molecule has 0 fully saturated rings. The summed E-state index contributed by atoms with van der Waals surface area (Å²) in [5, 5.41) is 7.11. The van der Waals surface area contributed by atoms with Gasteiger partial charge >= 0.3 is 0 Å². The van der Waals surface area contributed by atoms with E-state index in [4.69, 9.17) is 15.0 Å². The first-order valence-electron chi connectivity index (χ1n) is 17.2. The van der Waals surface area contributed by atoms with Gasteiger partial charge in [0.15, 0.2) is 17.5 Å². The number of aromatic nitrogens is 4. The highest BCUT2D eigenvalue weighted by Crippen LogP contribution is 2.37. The number of nitrogens with zero attached hydrogens (tertiary/aromatic N) is 4. The molecule has 238 valence electrons. The molecule has 0 spiro atoms. The van der Waals surface area contributed by atoms with Crippen LogP contribution in [-0.4, -0.2) is 19.5 Å². The molecule has 0 radical (unpaired) electrons. The molecule has 2 heterocycles. The lowest BCUT2D eigenvalue weighted by molar-refractivity contribution is 1.08. The Hall–Kier alpha value is -6.91. The topological polar surface area (TPSA) is 43.6 Å². The molecule has 0 aliphatic carbocycles. The molecule has 0 saturated heterocycles. The normalized spacial score (nSPS) is 11.5. The Bertz CT molecular complexity index is 2910. The van der Waals surface area contributed by atoms with Crippen LogP contribution in [0.15, 0.2) is 182 Å². The average Bonchev–Trinajstić information content (AvgIpc) is 3.55. The van der Waals surface area contributed by atoms with Crippen molar-refractivity contribution in [3.63, 3.8) is 0 Å². The number of fused-ring (bicyclic) bond motifs is 6. The van der Waals surface area contributed by atoms with Crippen LogP contribution in [0.1, 0.15) is 0 Å². The summed E-state index contributed by atoms with van der Waals surface area (Å²) in [5.41, 5.74) is 8.63. The molecule has 0 bridgehead atoms. The predicted molar refractivity (Wildman–Crippen MR) is 211 cm³/mol. The standard InChI is InChI=1S/C47H30N4/c1-3-14-31(15-4-1)45-48-46(50-47(49-45)42-30-34-16-7-8-21-37(34)38-22-9-10-23-39(38)42)35-18-13-17-32(28-35)33-26-27-44-41(29-33)40-24-11-12-25-43(40)51(44)36-19-5-2-6-20-36/h1-30H. The number of rotatable bonds is 5. The van der Waals surface area contributed by atoms with Crippen LogP contribution in [0, 0.1) is 0 Å². The van der Waals surface area contributed by atoms with Gasteiger partial charge in [-0.05, 0) is 75.1 Å². The van der Waals surface area contributed by atoms with Crippen LogP contribution in [-0.2, 0) is 0 Å². The molecule has 10 rings (SSSR count). The van der Waals surface area contributed by atoms with Gasteiger partial charge in [0.25, 0.3) is 0 Å². The summed E-state index contributed by atoms with van der Waals surface area (Å²) < 4.78 is 2.35. The Kier molecular flexibility index (Phi) is 6.78. The smallest absolute Gasteiger partial charge is 0.164 e. The molecule has 51 heavy (non-hydrogen) atoms. The molecule has 0 aliphatic rings. The molecular weight excluding hydrogens is 621 g/mol. The van der Waals surface area contributed by atoms with Crippen LogP contribution in [0.2, 0.25) is 0 Å². The van der Waals surface area contributed by atoms with Gasteiger partial charge in [-0.25, -0.2) is 15.0 Å². The van der Waals surface area contributed by atoms with E-state index >= 15 is 0 Å². The molecular formula is C47H30N4. The molecule has 4 nitrogen and oxygen atoms in total. The first kappa shape index (κ1) is 29.0. The van der Waals surface area contributed by atoms with E-state index in [0.717, 1.165) is 44.3 Å². The monoisotopic (exact) mass is 650 g/mol. The summed E-state index contributed by atoms with van der Waals surface area (Å²) in [5.74, 6) is 1.94. The first-order chi connectivity index (χ1) is 25.3. The van der Waals surface area contributed by atoms with Gasteiger partial charge in [-0.2, -0.15) is 0 Å². The minimum Gasteiger partial charge on any atom is -0.309 e.